The lowest BCUT2D eigenvalue weighted by Gasteiger charge is -2.15. The third-order valence-corrected chi connectivity index (χ3v) is 4.57. The summed E-state index contributed by atoms with van der Waals surface area (Å²) in [6, 6.07) is 5.65. The van der Waals surface area contributed by atoms with Crippen molar-refractivity contribution in [1.29, 1.82) is 0 Å². The Bertz CT molecular complexity index is 918. The summed E-state index contributed by atoms with van der Waals surface area (Å²) < 4.78 is 0. The maximum atomic E-state index is 12.6. The molecule has 0 radical (unpaired) electrons. The van der Waals surface area contributed by atoms with E-state index in [2.05, 4.69) is 15.3 Å². The number of amides is 1. The number of carbonyl (C=O) groups excluding carboxylic acids is 1. The number of nitrogens with one attached hydrogen (secondary N) is 1. The summed E-state index contributed by atoms with van der Waals surface area (Å²) in [6.07, 6.45) is 3.87. The number of nitrogens with zero attached hydrogens (tertiary/aromatic N) is 2. The fourth-order valence-electron chi connectivity index (χ4n) is 2.98. The van der Waals surface area contributed by atoms with Crippen LogP contribution in [0.1, 0.15) is 47.2 Å². The molecule has 30 heavy (non-hydrogen) atoms. The maximum Gasteiger partial charge on any atom is 0.326 e. The molecule has 1 heterocycles. The standard InChI is InChI=1S/C20H25N5O5/c21-17-13(11-23-20(22)25-17)7-2-1-5-12-6-3-4-8-14(12)18(28)24-15(19(29)30)9-10-16(26)27/h3-4,6,8,11,15H,1-2,5,7,9-10H2,(H,24,28)(H,26,27)(H,29,30)(H4,21,22,23,25)/t15-/m0/s1. The fourth-order valence-corrected chi connectivity index (χ4v) is 2.98. The Morgan fingerprint density at radius 3 is 2.33 bits per heavy atom. The summed E-state index contributed by atoms with van der Waals surface area (Å²) in [4.78, 5) is 42.5. The van der Waals surface area contributed by atoms with E-state index in [-0.39, 0.29) is 18.8 Å². The highest BCUT2D eigenvalue weighted by Crippen LogP contribution is 2.16. The smallest absolute Gasteiger partial charge is 0.326 e. The largest absolute Gasteiger partial charge is 0.481 e. The Hall–Kier alpha value is -3.69. The first kappa shape index (κ1) is 22.6. The molecule has 0 saturated heterocycles. The van der Waals surface area contributed by atoms with E-state index in [1.165, 1.54) is 0 Å². The zero-order valence-electron chi connectivity index (χ0n) is 16.4. The lowest BCUT2D eigenvalue weighted by molar-refractivity contribution is -0.140. The van der Waals surface area contributed by atoms with E-state index in [4.69, 9.17) is 16.6 Å². The van der Waals surface area contributed by atoms with Crippen LogP contribution in [0.3, 0.4) is 0 Å². The number of aromatic nitrogens is 2. The second kappa shape index (κ2) is 10.7. The first-order valence-electron chi connectivity index (χ1n) is 9.48. The van der Waals surface area contributed by atoms with Gasteiger partial charge in [-0.15, -0.1) is 0 Å². The number of carbonyl (C=O) groups is 3. The predicted molar refractivity (Wildman–Crippen MR) is 110 cm³/mol. The molecule has 10 nitrogen and oxygen atoms in total. The van der Waals surface area contributed by atoms with Crippen molar-refractivity contribution in [3.63, 3.8) is 0 Å². The van der Waals surface area contributed by atoms with Gasteiger partial charge in [0.1, 0.15) is 11.9 Å². The van der Waals surface area contributed by atoms with Gasteiger partial charge in [-0.1, -0.05) is 18.2 Å². The molecule has 0 aliphatic heterocycles. The molecule has 1 atom stereocenters. The van der Waals surface area contributed by atoms with Crippen molar-refractivity contribution in [2.24, 2.45) is 0 Å². The zero-order valence-corrected chi connectivity index (χ0v) is 16.4. The van der Waals surface area contributed by atoms with Gasteiger partial charge in [-0.3, -0.25) is 9.59 Å². The average Bonchev–Trinajstić information content (AvgIpc) is 2.69. The molecule has 2 rings (SSSR count). The van der Waals surface area contributed by atoms with Gasteiger partial charge in [0.15, 0.2) is 0 Å². The first-order valence-corrected chi connectivity index (χ1v) is 9.48. The van der Waals surface area contributed by atoms with E-state index in [1.54, 1.807) is 24.4 Å². The molecule has 0 saturated carbocycles. The van der Waals surface area contributed by atoms with Crippen molar-refractivity contribution < 1.29 is 24.6 Å². The van der Waals surface area contributed by atoms with E-state index >= 15 is 0 Å². The summed E-state index contributed by atoms with van der Waals surface area (Å²) in [5.41, 5.74) is 13.3. The van der Waals surface area contributed by atoms with Crippen LogP contribution in [0.15, 0.2) is 30.5 Å². The number of rotatable bonds is 11. The summed E-state index contributed by atoms with van der Waals surface area (Å²) in [5.74, 6) is -2.46. The fraction of sp³-hybridized carbons (Fsp3) is 0.350. The molecule has 1 aromatic carbocycles. The van der Waals surface area contributed by atoms with Crippen LogP contribution in [-0.4, -0.2) is 44.1 Å². The molecule has 2 aromatic rings. The molecule has 0 bridgehead atoms. The van der Waals surface area contributed by atoms with Gasteiger partial charge >= 0.3 is 11.9 Å². The summed E-state index contributed by atoms with van der Waals surface area (Å²) in [6.45, 7) is 0. The number of nitrogen functional groups attached to an aromatic ring is 2. The molecule has 1 amide bonds. The van der Waals surface area contributed by atoms with Crippen molar-refractivity contribution in [2.45, 2.75) is 44.6 Å². The zero-order chi connectivity index (χ0) is 22.1. The van der Waals surface area contributed by atoms with Gasteiger partial charge in [0, 0.05) is 23.7 Å². The highest BCUT2D eigenvalue weighted by Gasteiger charge is 2.22. The van der Waals surface area contributed by atoms with Crippen LogP contribution < -0.4 is 16.8 Å². The van der Waals surface area contributed by atoms with Crippen LogP contribution in [0.2, 0.25) is 0 Å². The van der Waals surface area contributed by atoms with Crippen molar-refractivity contribution >= 4 is 29.6 Å². The van der Waals surface area contributed by atoms with Crippen LogP contribution in [0, 0.1) is 0 Å². The average molecular weight is 415 g/mol. The van der Waals surface area contributed by atoms with Gasteiger partial charge in [0.2, 0.25) is 5.95 Å². The minimum Gasteiger partial charge on any atom is -0.481 e. The van der Waals surface area contributed by atoms with Crippen molar-refractivity contribution in [3.05, 3.63) is 47.2 Å². The summed E-state index contributed by atoms with van der Waals surface area (Å²) in [5, 5.41) is 20.4. The Kier molecular flexibility index (Phi) is 8.09. The van der Waals surface area contributed by atoms with Crippen molar-refractivity contribution in [1.82, 2.24) is 15.3 Å². The molecule has 0 aliphatic carbocycles. The lowest BCUT2D eigenvalue weighted by atomic mass is 9.99. The van der Waals surface area contributed by atoms with Gasteiger partial charge in [-0.25, -0.2) is 9.78 Å². The van der Waals surface area contributed by atoms with Gasteiger partial charge in [-0.05, 0) is 43.7 Å². The van der Waals surface area contributed by atoms with Gasteiger partial charge < -0.3 is 27.0 Å². The van der Waals surface area contributed by atoms with Crippen LogP contribution >= 0.6 is 0 Å². The van der Waals surface area contributed by atoms with Crippen molar-refractivity contribution in [3.8, 4) is 0 Å². The number of anilines is 2. The molecule has 7 N–H and O–H groups in total. The van der Waals surface area contributed by atoms with Crippen LogP contribution in [0.25, 0.3) is 0 Å². The number of aryl methyl sites for hydroxylation is 2. The number of nitrogens with two attached hydrogens (primary N) is 2. The number of aliphatic carboxylic acids is 2. The van der Waals surface area contributed by atoms with E-state index in [0.29, 0.717) is 24.2 Å². The third kappa shape index (κ3) is 6.73. The van der Waals surface area contributed by atoms with Crippen LogP contribution in [0.5, 0.6) is 0 Å². The van der Waals surface area contributed by atoms with E-state index < -0.39 is 23.9 Å². The molecule has 1 aromatic heterocycles. The van der Waals surface area contributed by atoms with Crippen molar-refractivity contribution in [2.75, 3.05) is 11.5 Å². The highest BCUT2D eigenvalue weighted by molar-refractivity contribution is 5.97. The Labute approximate surface area is 173 Å². The van der Waals surface area contributed by atoms with Crippen LogP contribution in [0.4, 0.5) is 11.8 Å². The van der Waals surface area contributed by atoms with Gasteiger partial charge in [-0.2, -0.15) is 4.98 Å². The highest BCUT2D eigenvalue weighted by atomic mass is 16.4. The summed E-state index contributed by atoms with van der Waals surface area (Å²) in [7, 11) is 0. The number of carboxylic acids is 2. The predicted octanol–water partition coefficient (Wildman–Crippen LogP) is 1.25. The second-order valence-corrected chi connectivity index (χ2v) is 6.80. The minimum atomic E-state index is -1.27. The Balaban J connectivity index is 1.96. The normalized spacial score (nSPS) is 11.6. The minimum absolute atomic E-state index is 0.124. The van der Waals surface area contributed by atoms with E-state index in [1.807, 2.05) is 6.07 Å². The lowest BCUT2D eigenvalue weighted by Crippen LogP contribution is -2.41. The third-order valence-electron chi connectivity index (χ3n) is 4.57. The Morgan fingerprint density at radius 2 is 1.70 bits per heavy atom. The number of hydrogen-bond acceptors (Lipinski definition) is 7. The van der Waals surface area contributed by atoms with Gasteiger partial charge in [0.25, 0.3) is 5.91 Å². The number of benzene rings is 1. The monoisotopic (exact) mass is 415 g/mol. The number of carboxylic acid groups (broad SMARTS) is 2. The topological polar surface area (TPSA) is 182 Å². The molecule has 10 heteroatoms. The van der Waals surface area contributed by atoms with E-state index in [0.717, 1.165) is 24.0 Å². The maximum absolute atomic E-state index is 12.6. The Morgan fingerprint density at radius 1 is 1.03 bits per heavy atom. The van der Waals surface area contributed by atoms with E-state index in [9.17, 15) is 19.5 Å². The quantitative estimate of drug-likeness (QED) is 0.337. The molecular weight excluding hydrogens is 390 g/mol. The molecule has 0 spiro atoms. The second-order valence-electron chi connectivity index (χ2n) is 6.80. The number of unbranched alkanes of at least 4 members (excludes halogenated alkanes) is 1. The molecule has 0 fully saturated rings. The number of hydrogen-bond donors (Lipinski definition) is 5. The van der Waals surface area contributed by atoms with Crippen LogP contribution in [-0.2, 0) is 22.4 Å². The SMILES string of the molecule is Nc1ncc(CCCCc2ccccc2C(=O)N[C@@H](CCC(=O)O)C(=O)O)c(N)n1. The first-order chi connectivity index (χ1) is 14.3. The molecule has 0 aliphatic rings. The molecule has 0 unspecified atom stereocenters. The molecule has 160 valence electrons. The van der Waals surface area contributed by atoms with Gasteiger partial charge in [0.05, 0.1) is 0 Å². The summed E-state index contributed by atoms with van der Waals surface area (Å²) >= 11 is 0. The molecular formula is C20H25N5O5.